The summed E-state index contributed by atoms with van der Waals surface area (Å²) in [7, 11) is 0. The van der Waals surface area contributed by atoms with E-state index in [-0.39, 0.29) is 51.0 Å². The highest BCUT2D eigenvalue weighted by Crippen LogP contribution is 2.60. The molecule has 6 atom stereocenters. The number of nitrogens with one attached hydrogen (secondary N) is 1. The van der Waals surface area contributed by atoms with Gasteiger partial charge in [-0.1, -0.05) is 55.6 Å². The Balaban J connectivity index is 1.42. The van der Waals surface area contributed by atoms with E-state index in [2.05, 4.69) is 37.2 Å². The number of aryl methyl sites for hydroxylation is 1. The lowest BCUT2D eigenvalue weighted by Crippen LogP contribution is -2.37. The molecule has 2 aliphatic carbocycles. The minimum Gasteiger partial charge on any atom is -0.322 e. The number of benzene rings is 2. The number of anilines is 2. The number of alkyl halides is 2. The van der Waals surface area contributed by atoms with Crippen molar-refractivity contribution in [3.8, 4) is 0 Å². The molecule has 0 radical (unpaired) electrons. The predicted molar refractivity (Wildman–Crippen MR) is 127 cm³/mol. The van der Waals surface area contributed by atoms with Crippen molar-refractivity contribution in [1.82, 2.24) is 0 Å². The molecule has 0 spiro atoms. The van der Waals surface area contributed by atoms with Crippen LogP contribution in [0, 0.1) is 30.6 Å². The van der Waals surface area contributed by atoms with E-state index in [1.807, 2.05) is 13.0 Å². The number of carbonyl (C=O) groups excluding carboxylic acids is 3. The van der Waals surface area contributed by atoms with Gasteiger partial charge in [0.05, 0.1) is 17.5 Å². The molecule has 1 saturated heterocycles. The second-order valence-electron chi connectivity index (χ2n) is 8.48. The highest BCUT2D eigenvalue weighted by atomic mass is 79.9. The summed E-state index contributed by atoms with van der Waals surface area (Å²) in [6.07, 6.45) is 0.883. The molecule has 1 N–H and O–H groups in total. The van der Waals surface area contributed by atoms with Gasteiger partial charge in [0.1, 0.15) is 0 Å². The van der Waals surface area contributed by atoms with Crippen LogP contribution >= 0.6 is 43.5 Å². The third-order valence-electron chi connectivity index (χ3n) is 6.80. The average molecular weight is 567 g/mol. The van der Waals surface area contributed by atoms with Crippen molar-refractivity contribution in [3.63, 3.8) is 0 Å². The second kappa shape index (κ2) is 7.71. The van der Waals surface area contributed by atoms with E-state index in [0.29, 0.717) is 22.0 Å². The summed E-state index contributed by atoms with van der Waals surface area (Å²) in [5, 5.41) is 3.39. The van der Waals surface area contributed by atoms with E-state index < -0.39 is 0 Å². The summed E-state index contributed by atoms with van der Waals surface area (Å²) in [6, 6.07) is 11.9. The fourth-order valence-corrected chi connectivity index (χ4v) is 7.36. The largest absolute Gasteiger partial charge is 0.322 e. The summed E-state index contributed by atoms with van der Waals surface area (Å²) in [5.74, 6) is -0.919. The summed E-state index contributed by atoms with van der Waals surface area (Å²) < 4.78 is 0. The molecule has 2 aromatic rings. The van der Waals surface area contributed by atoms with Gasteiger partial charge in [-0.25, -0.2) is 0 Å². The number of nitrogens with zero attached hydrogens (tertiary/aromatic N) is 1. The molecule has 5 rings (SSSR count). The monoisotopic (exact) mass is 564 g/mol. The standard InChI is InChI=1S/C23H19Br2ClN2O3/c1-10-5-6-12(26)8-16(10)27-21(29)11-3-2-4-13(7-11)28-22(30)17-14-9-15(18(17)23(28)31)20(25)19(14)24/h2-8,14-15,17-20H,9H2,1H3,(H,27,29)/t14-,15-,17-,18-,19+,20+/m1/s1. The van der Waals surface area contributed by atoms with Crippen molar-refractivity contribution in [2.75, 3.05) is 10.2 Å². The number of halogens is 3. The molecule has 1 heterocycles. The van der Waals surface area contributed by atoms with Gasteiger partial charge < -0.3 is 5.32 Å². The molecule has 3 amide bonds. The van der Waals surface area contributed by atoms with Gasteiger partial charge in [0.25, 0.3) is 5.91 Å². The molecule has 0 unspecified atom stereocenters. The van der Waals surface area contributed by atoms with Gasteiger partial charge in [0.15, 0.2) is 0 Å². The van der Waals surface area contributed by atoms with Gasteiger partial charge in [-0.2, -0.15) is 0 Å². The number of imide groups is 1. The Morgan fingerprint density at radius 2 is 1.68 bits per heavy atom. The van der Waals surface area contributed by atoms with Crippen LogP contribution in [-0.2, 0) is 9.59 Å². The van der Waals surface area contributed by atoms with E-state index in [1.54, 1.807) is 36.4 Å². The lowest BCUT2D eigenvalue weighted by atomic mass is 9.81. The summed E-state index contributed by atoms with van der Waals surface area (Å²) in [4.78, 5) is 41.0. The first-order valence-corrected chi connectivity index (χ1v) is 12.3. The van der Waals surface area contributed by atoms with Crippen LogP contribution in [0.4, 0.5) is 11.4 Å². The Morgan fingerprint density at radius 1 is 1.03 bits per heavy atom. The topological polar surface area (TPSA) is 66.5 Å². The number of amides is 3. The third-order valence-corrected chi connectivity index (χ3v) is 10.2. The van der Waals surface area contributed by atoms with Gasteiger partial charge >= 0.3 is 0 Å². The van der Waals surface area contributed by atoms with Crippen molar-refractivity contribution in [3.05, 3.63) is 58.6 Å². The highest BCUT2D eigenvalue weighted by Gasteiger charge is 2.66. The van der Waals surface area contributed by atoms with Crippen molar-refractivity contribution < 1.29 is 14.4 Å². The molecule has 8 heteroatoms. The lowest BCUT2D eigenvalue weighted by molar-refractivity contribution is -0.123. The summed E-state index contributed by atoms with van der Waals surface area (Å²) in [5.41, 5.74) is 2.32. The first-order valence-electron chi connectivity index (χ1n) is 10.1. The molecular weight excluding hydrogens is 548 g/mol. The molecular formula is C23H19Br2ClN2O3. The number of hydrogen-bond donors (Lipinski definition) is 1. The van der Waals surface area contributed by atoms with Crippen LogP contribution in [-0.4, -0.2) is 27.4 Å². The number of hydrogen-bond acceptors (Lipinski definition) is 3. The second-order valence-corrected chi connectivity index (χ2v) is 11.0. The Morgan fingerprint density at radius 3 is 2.32 bits per heavy atom. The van der Waals surface area contributed by atoms with Crippen LogP contribution in [0.3, 0.4) is 0 Å². The molecule has 2 bridgehead atoms. The zero-order chi connectivity index (χ0) is 22.0. The van der Waals surface area contributed by atoms with Crippen molar-refractivity contribution >= 4 is 72.6 Å². The minimum atomic E-state index is -0.326. The van der Waals surface area contributed by atoms with Crippen LogP contribution < -0.4 is 10.2 Å². The highest BCUT2D eigenvalue weighted by molar-refractivity contribution is 9.12. The molecule has 2 saturated carbocycles. The normalized spacial score (nSPS) is 31.3. The fourth-order valence-electron chi connectivity index (χ4n) is 5.31. The number of fused-ring (bicyclic) bond motifs is 5. The molecule has 0 aromatic heterocycles. The molecule has 5 nitrogen and oxygen atoms in total. The maximum absolute atomic E-state index is 13.2. The molecule has 1 aliphatic heterocycles. The Labute approximate surface area is 201 Å². The first-order chi connectivity index (χ1) is 14.8. The smallest absolute Gasteiger partial charge is 0.255 e. The predicted octanol–water partition coefficient (Wildman–Crippen LogP) is 5.18. The van der Waals surface area contributed by atoms with Crippen LogP contribution in [0.5, 0.6) is 0 Å². The quantitative estimate of drug-likeness (QED) is 0.411. The van der Waals surface area contributed by atoms with Gasteiger partial charge in [0.2, 0.25) is 11.8 Å². The first kappa shape index (κ1) is 21.2. The maximum Gasteiger partial charge on any atom is 0.255 e. The molecule has 3 fully saturated rings. The van der Waals surface area contributed by atoms with Crippen LogP contribution in [0.25, 0.3) is 0 Å². The minimum absolute atomic E-state index is 0.151. The number of rotatable bonds is 3. The van der Waals surface area contributed by atoms with Crippen LogP contribution in [0.1, 0.15) is 22.3 Å². The summed E-state index contributed by atoms with van der Waals surface area (Å²) in [6.45, 7) is 1.88. The Kier molecular flexibility index (Phi) is 5.26. The number of carbonyl (C=O) groups is 3. The van der Waals surface area contributed by atoms with Gasteiger partial charge in [-0.05, 0) is 61.1 Å². The van der Waals surface area contributed by atoms with E-state index >= 15 is 0 Å². The fraction of sp³-hybridized carbons (Fsp3) is 0.348. The van der Waals surface area contributed by atoms with Crippen molar-refractivity contribution in [2.24, 2.45) is 23.7 Å². The van der Waals surface area contributed by atoms with E-state index in [0.717, 1.165) is 12.0 Å². The molecule has 3 aliphatic rings. The van der Waals surface area contributed by atoms with Gasteiger partial charge in [0, 0.05) is 25.9 Å². The van der Waals surface area contributed by atoms with Gasteiger partial charge in [-0.3, -0.25) is 19.3 Å². The van der Waals surface area contributed by atoms with Crippen molar-refractivity contribution in [1.29, 1.82) is 0 Å². The Bertz CT molecular complexity index is 1090. The zero-order valence-electron chi connectivity index (χ0n) is 16.5. The van der Waals surface area contributed by atoms with Gasteiger partial charge in [-0.15, -0.1) is 0 Å². The van der Waals surface area contributed by atoms with Crippen LogP contribution in [0.15, 0.2) is 42.5 Å². The third kappa shape index (κ3) is 3.28. The average Bonchev–Trinajstić information content (AvgIpc) is 3.35. The summed E-state index contributed by atoms with van der Waals surface area (Å²) >= 11 is 13.5. The molecule has 2 aromatic carbocycles. The Hall–Kier alpha value is -1.70. The lowest BCUT2D eigenvalue weighted by Gasteiger charge is -2.28. The van der Waals surface area contributed by atoms with Crippen molar-refractivity contribution in [2.45, 2.75) is 23.0 Å². The zero-order valence-corrected chi connectivity index (χ0v) is 20.4. The maximum atomic E-state index is 13.2. The van der Waals surface area contributed by atoms with E-state index in [4.69, 9.17) is 11.6 Å². The van der Waals surface area contributed by atoms with E-state index in [9.17, 15) is 14.4 Å². The molecule has 160 valence electrons. The van der Waals surface area contributed by atoms with E-state index in [1.165, 1.54) is 4.90 Å². The molecule has 31 heavy (non-hydrogen) atoms. The SMILES string of the molecule is Cc1ccc(Cl)cc1NC(=O)c1cccc(N2C(=O)[C@@H]3[C@H]4C[C@@H]([C@H](Br)[C@H]4Br)[C@H]3C2=O)c1. The van der Waals surface area contributed by atoms with Crippen LogP contribution in [0.2, 0.25) is 5.02 Å².